The van der Waals surface area contributed by atoms with Crippen LogP contribution in [-0.4, -0.2) is 23.0 Å². The van der Waals surface area contributed by atoms with Gasteiger partial charge in [-0.15, -0.1) is 0 Å². The van der Waals surface area contributed by atoms with Crippen LogP contribution in [0.15, 0.2) is 30.3 Å². The van der Waals surface area contributed by atoms with Crippen molar-refractivity contribution in [3.8, 4) is 9.79 Å². The molecule has 0 saturated carbocycles. The molecule has 0 spiro atoms. The van der Waals surface area contributed by atoms with E-state index in [9.17, 15) is 0 Å². The molecule has 1 heteroatoms. The SMILES string of the molecule is [Sb][C]#Cc1ccccc1. The summed E-state index contributed by atoms with van der Waals surface area (Å²) in [7, 11) is 0. The molecule has 42 valence electrons. The van der Waals surface area contributed by atoms with E-state index in [2.05, 4.69) is 9.79 Å². The van der Waals surface area contributed by atoms with E-state index in [0.717, 1.165) is 5.56 Å². The zero-order chi connectivity index (χ0) is 6.53. The summed E-state index contributed by atoms with van der Waals surface area (Å²) in [5.74, 6) is 2.98. The second kappa shape index (κ2) is 3.59. The Labute approximate surface area is 68.8 Å². The average molecular weight is 223 g/mol. The van der Waals surface area contributed by atoms with Gasteiger partial charge in [-0.3, -0.25) is 0 Å². The summed E-state index contributed by atoms with van der Waals surface area (Å²) in [4.78, 5) is 0. The van der Waals surface area contributed by atoms with Crippen molar-refractivity contribution in [2.24, 2.45) is 0 Å². The number of hydrogen-bond donors (Lipinski definition) is 0. The molecule has 0 bridgehead atoms. The fourth-order valence-corrected chi connectivity index (χ4v) is 0.954. The maximum atomic E-state index is 2.98. The van der Waals surface area contributed by atoms with Gasteiger partial charge >= 0.3 is 68.7 Å². The van der Waals surface area contributed by atoms with E-state index in [1.54, 1.807) is 0 Å². The van der Waals surface area contributed by atoms with Gasteiger partial charge in [-0.2, -0.15) is 0 Å². The molecule has 0 aromatic heterocycles. The third kappa shape index (κ3) is 2.12. The molecule has 0 aliphatic rings. The van der Waals surface area contributed by atoms with Crippen molar-refractivity contribution in [3.63, 3.8) is 0 Å². The predicted molar refractivity (Wildman–Crippen MR) is 39.1 cm³/mol. The molecule has 2 radical (unpaired) electrons. The summed E-state index contributed by atoms with van der Waals surface area (Å²) in [6.45, 7) is 0. The van der Waals surface area contributed by atoms with Gasteiger partial charge in [-0.25, -0.2) is 0 Å². The fourth-order valence-electron chi connectivity index (χ4n) is 0.586. The minimum atomic E-state index is 1.10. The van der Waals surface area contributed by atoms with Gasteiger partial charge in [0.15, 0.2) is 0 Å². The van der Waals surface area contributed by atoms with Crippen LogP contribution in [0.5, 0.6) is 0 Å². The monoisotopic (exact) mass is 222 g/mol. The molecule has 9 heavy (non-hydrogen) atoms. The maximum absolute atomic E-state index is 2.98. The average Bonchev–Trinajstić information content (AvgIpc) is 1.91. The van der Waals surface area contributed by atoms with Gasteiger partial charge in [0.1, 0.15) is 0 Å². The van der Waals surface area contributed by atoms with Crippen LogP contribution >= 0.6 is 0 Å². The Kier molecular flexibility index (Phi) is 2.68. The van der Waals surface area contributed by atoms with Gasteiger partial charge in [0.2, 0.25) is 0 Å². The molecule has 0 heterocycles. The topological polar surface area (TPSA) is 0 Å². The van der Waals surface area contributed by atoms with E-state index in [4.69, 9.17) is 0 Å². The van der Waals surface area contributed by atoms with Gasteiger partial charge in [-0.1, -0.05) is 0 Å². The van der Waals surface area contributed by atoms with E-state index in [1.165, 1.54) is 23.0 Å². The molecule has 0 atom stereocenters. The van der Waals surface area contributed by atoms with Crippen molar-refractivity contribution in [2.75, 3.05) is 0 Å². The van der Waals surface area contributed by atoms with Crippen LogP contribution in [-0.2, 0) is 0 Å². The Balaban J connectivity index is 2.94. The normalized spacial score (nSPS) is 7.67. The number of hydrogen-bond acceptors (Lipinski definition) is 0. The molecule has 0 aliphatic carbocycles. The quantitative estimate of drug-likeness (QED) is 0.457. The molecule has 0 fully saturated rings. The molecular formula is C8H5Sb. The first kappa shape index (κ1) is 6.71. The summed E-state index contributed by atoms with van der Waals surface area (Å²) >= 11 is 1.52. The summed E-state index contributed by atoms with van der Waals surface area (Å²) < 4.78 is 2.88. The molecule has 0 amide bonds. The van der Waals surface area contributed by atoms with Gasteiger partial charge in [-0.05, 0) is 0 Å². The molecule has 1 aromatic carbocycles. The van der Waals surface area contributed by atoms with Crippen molar-refractivity contribution >= 4 is 23.0 Å². The molecule has 0 nitrogen and oxygen atoms in total. The summed E-state index contributed by atoms with van der Waals surface area (Å²) in [6, 6.07) is 9.98. The van der Waals surface area contributed by atoms with Crippen LogP contribution in [0.3, 0.4) is 0 Å². The second-order valence-electron chi connectivity index (χ2n) is 1.60. The van der Waals surface area contributed by atoms with Gasteiger partial charge < -0.3 is 0 Å². The van der Waals surface area contributed by atoms with Crippen LogP contribution < -0.4 is 0 Å². The second-order valence-corrected chi connectivity index (χ2v) is 2.24. The van der Waals surface area contributed by atoms with Gasteiger partial charge in [0, 0.05) is 0 Å². The van der Waals surface area contributed by atoms with Crippen molar-refractivity contribution in [2.45, 2.75) is 0 Å². The number of rotatable bonds is 0. The predicted octanol–water partition coefficient (Wildman–Crippen LogP) is 1.16. The van der Waals surface area contributed by atoms with Crippen molar-refractivity contribution in [1.82, 2.24) is 0 Å². The summed E-state index contributed by atoms with van der Waals surface area (Å²) in [5.41, 5.74) is 1.10. The van der Waals surface area contributed by atoms with E-state index in [1.807, 2.05) is 30.3 Å². The van der Waals surface area contributed by atoms with Crippen LogP contribution in [0.2, 0.25) is 0 Å². The van der Waals surface area contributed by atoms with Crippen LogP contribution in [0.1, 0.15) is 5.56 Å². The Morgan fingerprint density at radius 2 is 1.78 bits per heavy atom. The molecular weight excluding hydrogens is 218 g/mol. The Morgan fingerprint density at radius 1 is 1.11 bits per heavy atom. The molecule has 0 N–H and O–H groups in total. The van der Waals surface area contributed by atoms with Gasteiger partial charge in [0.05, 0.1) is 0 Å². The van der Waals surface area contributed by atoms with E-state index in [0.29, 0.717) is 0 Å². The van der Waals surface area contributed by atoms with Gasteiger partial charge in [0.25, 0.3) is 0 Å². The van der Waals surface area contributed by atoms with Crippen molar-refractivity contribution in [3.05, 3.63) is 35.9 Å². The third-order valence-corrected chi connectivity index (χ3v) is 1.29. The number of benzene rings is 1. The van der Waals surface area contributed by atoms with E-state index < -0.39 is 0 Å². The first-order chi connectivity index (χ1) is 4.43. The van der Waals surface area contributed by atoms with E-state index >= 15 is 0 Å². The fraction of sp³-hybridized carbons (Fsp3) is 0. The first-order valence-electron chi connectivity index (χ1n) is 2.63. The molecule has 1 aromatic rings. The van der Waals surface area contributed by atoms with Crippen LogP contribution in [0.25, 0.3) is 0 Å². The first-order valence-corrected chi connectivity index (χ1v) is 3.91. The zero-order valence-electron chi connectivity index (χ0n) is 4.83. The minimum absolute atomic E-state index is 1.10. The van der Waals surface area contributed by atoms with Crippen molar-refractivity contribution in [1.29, 1.82) is 0 Å². The standard InChI is InChI=1S/C8H5.Sb/c1-2-8-6-4-3-5-7-8;/h3-7H;. The van der Waals surface area contributed by atoms with Crippen molar-refractivity contribution < 1.29 is 0 Å². The third-order valence-electron chi connectivity index (χ3n) is 0.974. The summed E-state index contributed by atoms with van der Waals surface area (Å²) in [5, 5.41) is 0. The molecule has 1 rings (SSSR count). The molecule has 0 unspecified atom stereocenters. The Morgan fingerprint density at radius 3 is 2.33 bits per heavy atom. The Hall–Kier alpha value is -0.402. The van der Waals surface area contributed by atoms with Crippen LogP contribution in [0, 0.1) is 9.79 Å². The Bertz CT molecular complexity index is 228. The molecule has 0 saturated heterocycles. The molecule has 0 aliphatic heterocycles. The van der Waals surface area contributed by atoms with Crippen LogP contribution in [0.4, 0.5) is 0 Å². The zero-order valence-corrected chi connectivity index (χ0v) is 7.39. The summed E-state index contributed by atoms with van der Waals surface area (Å²) in [6.07, 6.45) is 0. The van der Waals surface area contributed by atoms with E-state index in [-0.39, 0.29) is 0 Å².